The minimum absolute atomic E-state index is 0.211. The van der Waals surface area contributed by atoms with Crippen LogP contribution in [0.15, 0.2) is 18.2 Å². The Hall–Kier alpha value is -1.22. The molecule has 3 rings (SSSR count). The SMILES string of the molecule is CCOc1ccc2c(c1)C1(CN2)CC1N. The van der Waals surface area contributed by atoms with Crippen molar-refractivity contribution in [1.82, 2.24) is 0 Å². The van der Waals surface area contributed by atoms with E-state index in [1.54, 1.807) is 0 Å². The fourth-order valence-electron chi connectivity index (χ4n) is 2.54. The molecular formula is C12H16N2O. The number of hydrogen-bond acceptors (Lipinski definition) is 3. The predicted octanol–water partition coefficient (Wildman–Crippen LogP) is 1.48. The zero-order valence-corrected chi connectivity index (χ0v) is 8.92. The van der Waals surface area contributed by atoms with E-state index < -0.39 is 0 Å². The summed E-state index contributed by atoms with van der Waals surface area (Å²) < 4.78 is 5.52. The van der Waals surface area contributed by atoms with Crippen molar-refractivity contribution >= 4 is 5.69 Å². The first-order valence-electron chi connectivity index (χ1n) is 5.53. The highest BCUT2D eigenvalue weighted by Gasteiger charge is 2.56. The molecule has 1 aliphatic carbocycles. The van der Waals surface area contributed by atoms with Gasteiger partial charge in [0.2, 0.25) is 0 Å². The van der Waals surface area contributed by atoms with Gasteiger partial charge in [0.05, 0.1) is 6.61 Å². The maximum absolute atomic E-state index is 6.02. The quantitative estimate of drug-likeness (QED) is 0.767. The second-order valence-corrected chi connectivity index (χ2v) is 4.46. The normalized spacial score (nSPS) is 31.2. The summed E-state index contributed by atoms with van der Waals surface area (Å²) in [4.78, 5) is 0. The lowest BCUT2D eigenvalue weighted by Gasteiger charge is -2.09. The Bertz CT molecular complexity index is 405. The van der Waals surface area contributed by atoms with Crippen molar-refractivity contribution in [2.75, 3.05) is 18.5 Å². The van der Waals surface area contributed by atoms with Crippen molar-refractivity contribution in [3.05, 3.63) is 23.8 Å². The molecule has 3 nitrogen and oxygen atoms in total. The Morgan fingerprint density at radius 3 is 3.07 bits per heavy atom. The Kier molecular flexibility index (Phi) is 1.74. The maximum Gasteiger partial charge on any atom is 0.119 e. The summed E-state index contributed by atoms with van der Waals surface area (Å²) in [6.45, 7) is 3.70. The maximum atomic E-state index is 6.02. The summed E-state index contributed by atoms with van der Waals surface area (Å²) in [5.74, 6) is 0.957. The third-order valence-corrected chi connectivity index (χ3v) is 3.57. The number of hydrogen-bond donors (Lipinski definition) is 2. The third-order valence-electron chi connectivity index (χ3n) is 3.57. The van der Waals surface area contributed by atoms with Crippen LogP contribution in [0.25, 0.3) is 0 Å². The summed E-state index contributed by atoms with van der Waals surface area (Å²) in [7, 11) is 0. The standard InChI is InChI=1S/C12H16N2O/c1-2-15-8-3-4-10-9(5-8)12(7-14-10)6-11(12)13/h3-5,11,14H,2,6-7,13H2,1H3. The largest absolute Gasteiger partial charge is 0.494 e. The van der Waals surface area contributed by atoms with E-state index in [9.17, 15) is 0 Å². The number of benzene rings is 1. The molecule has 1 aromatic rings. The van der Waals surface area contributed by atoms with Crippen LogP contribution in [0.1, 0.15) is 18.9 Å². The molecule has 1 fully saturated rings. The molecule has 0 radical (unpaired) electrons. The molecule has 3 N–H and O–H groups in total. The lowest BCUT2D eigenvalue weighted by molar-refractivity contribution is 0.340. The molecule has 1 heterocycles. The van der Waals surface area contributed by atoms with Gasteiger partial charge >= 0.3 is 0 Å². The molecule has 2 aliphatic rings. The van der Waals surface area contributed by atoms with Crippen molar-refractivity contribution in [2.24, 2.45) is 5.73 Å². The average Bonchev–Trinajstić information content (AvgIpc) is 2.74. The van der Waals surface area contributed by atoms with Crippen molar-refractivity contribution < 1.29 is 4.74 Å². The number of fused-ring (bicyclic) bond motifs is 2. The van der Waals surface area contributed by atoms with Gasteiger partial charge in [0.15, 0.2) is 0 Å². The second kappa shape index (κ2) is 2.89. The molecule has 1 saturated carbocycles. The van der Waals surface area contributed by atoms with Crippen LogP contribution in [0, 0.1) is 0 Å². The number of ether oxygens (including phenoxy) is 1. The molecule has 3 heteroatoms. The zero-order chi connectivity index (χ0) is 10.5. The van der Waals surface area contributed by atoms with Gasteiger partial charge in [-0.1, -0.05) is 0 Å². The van der Waals surface area contributed by atoms with Gasteiger partial charge in [-0.3, -0.25) is 0 Å². The van der Waals surface area contributed by atoms with Crippen molar-refractivity contribution in [1.29, 1.82) is 0 Å². The first kappa shape index (κ1) is 9.04. The molecule has 0 bridgehead atoms. The van der Waals surface area contributed by atoms with Crippen molar-refractivity contribution in [3.8, 4) is 5.75 Å². The molecular weight excluding hydrogens is 188 g/mol. The summed E-state index contributed by atoms with van der Waals surface area (Å²) in [5, 5.41) is 3.42. The van der Waals surface area contributed by atoms with Crippen LogP contribution in [0.5, 0.6) is 5.75 Å². The smallest absolute Gasteiger partial charge is 0.119 e. The van der Waals surface area contributed by atoms with E-state index in [2.05, 4.69) is 17.4 Å². The van der Waals surface area contributed by atoms with Crippen LogP contribution >= 0.6 is 0 Å². The Balaban J connectivity index is 2.00. The van der Waals surface area contributed by atoms with E-state index in [4.69, 9.17) is 10.5 Å². The minimum atomic E-state index is 0.211. The van der Waals surface area contributed by atoms with Gasteiger partial charge in [-0.05, 0) is 37.1 Å². The van der Waals surface area contributed by atoms with Gasteiger partial charge in [-0.15, -0.1) is 0 Å². The lowest BCUT2D eigenvalue weighted by atomic mass is 9.97. The fraction of sp³-hybridized carbons (Fsp3) is 0.500. The highest BCUT2D eigenvalue weighted by molar-refractivity contribution is 5.66. The molecule has 0 amide bonds. The van der Waals surface area contributed by atoms with E-state index in [1.165, 1.54) is 11.3 Å². The van der Waals surface area contributed by atoms with Crippen LogP contribution in [-0.2, 0) is 5.41 Å². The summed E-state index contributed by atoms with van der Waals surface area (Å²) >= 11 is 0. The first-order chi connectivity index (χ1) is 7.26. The Morgan fingerprint density at radius 1 is 1.60 bits per heavy atom. The zero-order valence-electron chi connectivity index (χ0n) is 8.92. The minimum Gasteiger partial charge on any atom is -0.494 e. The molecule has 1 spiro atoms. The average molecular weight is 204 g/mol. The Labute approximate surface area is 89.6 Å². The van der Waals surface area contributed by atoms with Gasteiger partial charge in [-0.25, -0.2) is 0 Å². The van der Waals surface area contributed by atoms with E-state index in [0.717, 1.165) is 18.7 Å². The van der Waals surface area contributed by atoms with Crippen LogP contribution in [0.4, 0.5) is 5.69 Å². The van der Waals surface area contributed by atoms with Crippen LogP contribution in [0.3, 0.4) is 0 Å². The van der Waals surface area contributed by atoms with Crippen molar-refractivity contribution in [3.63, 3.8) is 0 Å². The Morgan fingerprint density at radius 2 is 2.40 bits per heavy atom. The van der Waals surface area contributed by atoms with Gasteiger partial charge < -0.3 is 15.8 Å². The fourth-order valence-corrected chi connectivity index (χ4v) is 2.54. The molecule has 15 heavy (non-hydrogen) atoms. The molecule has 2 atom stereocenters. The molecule has 1 aliphatic heterocycles. The van der Waals surface area contributed by atoms with Gasteiger partial charge in [0.25, 0.3) is 0 Å². The lowest BCUT2D eigenvalue weighted by Crippen LogP contribution is -2.20. The topological polar surface area (TPSA) is 47.3 Å². The summed E-state index contributed by atoms with van der Waals surface area (Å²) in [6.07, 6.45) is 1.10. The van der Waals surface area contributed by atoms with Gasteiger partial charge in [0, 0.05) is 23.7 Å². The second-order valence-electron chi connectivity index (χ2n) is 4.46. The van der Waals surface area contributed by atoms with Crippen LogP contribution in [0.2, 0.25) is 0 Å². The molecule has 2 unspecified atom stereocenters. The molecule has 80 valence electrons. The molecule has 0 saturated heterocycles. The monoisotopic (exact) mass is 204 g/mol. The van der Waals surface area contributed by atoms with Crippen LogP contribution in [-0.4, -0.2) is 19.2 Å². The van der Waals surface area contributed by atoms with E-state index in [-0.39, 0.29) is 5.41 Å². The summed E-state index contributed by atoms with van der Waals surface area (Å²) in [6, 6.07) is 6.58. The number of nitrogens with two attached hydrogens (primary N) is 1. The highest BCUT2D eigenvalue weighted by Crippen LogP contribution is 2.53. The predicted molar refractivity (Wildman–Crippen MR) is 60.4 cm³/mol. The third kappa shape index (κ3) is 1.16. The first-order valence-corrected chi connectivity index (χ1v) is 5.53. The van der Waals surface area contributed by atoms with E-state index in [0.29, 0.717) is 12.6 Å². The number of anilines is 1. The van der Waals surface area contributed by atoms with Crippen LogP contribution < -0.4 is 15.8 Å². The van der Waals surface area contributed by atoms with Gasteiger partial charge in [0.1, 0.15) is 5.75 Å². The number of rotatable bonds is 2. The molecule has 1 aromatic carbocycles. The number of nitrogens with one attached hydrogen (secondary N) is 1. The van der Waals surface area contributed by atoms with E-state index in [1.807, 2.05) is 13.0 Å². The van der Waals surface area contributed by atoms with Gasteiger partial charge in [-0.2, -0.15) is 0 Å². The molecule has 0 aromatic heterocycles. The van der Waals surface area contributed by atoms with Crippen molar-refractivity contribution in [2.45, 2.75) is 24.8 Å². The summed E-state index contributed by atoms with van der Waals surface area (Å²) in [5.41, 5.74) is 8.81. The van der Waals surface area contributed by atoms with E-state index >= 15 is 0 Å². The highest BCUT2D eigenvalue weighted by atomic mass is 16.5.